The molecule has 0 heterocycles. The molecule has 1 heteroatoms. The molecule has 1 aromatic rings. The summed E-state index contributed by atoms with van der Waals surface area (Å²) < 4.78 is 0. The van der Waals surface area contributed by atoms with E-state index < -0.39 is 0 Å². The van der Waals surface area contributed by atoms with Gasteiger partial charge in [0.1, 0.15) is 0 Å². The Morgan fingerprint density at radius 3 is 2.44 bits per heavy atom. The summed E-state index contributed by atoms with van der Waals surface area (Å²) in [7, 11) is 0. The fourth-order valence-corrected chi connectivity index (χ4v) is 2.16. The van der Waals surface area contributed by atoms with Crippen LogP contribution < -0.4 is 5.32 Å². The summed E-state index contributed by atoms with van der Waals surface area (Å²) in [6.45, 7) is 7.89. The lowest BCUT2D eigenvalue weighted by Gasteiger charge is -2.20. The molecule has 1 aliphatic carbocycles. The zero-order chi connectivity index (χ0) is 11.6. The molecule has 16 heavy (non-hydrogen) atoms. The lowest BCUT2D eigenvalue weighted by Crippen LogP contribution is -2.37. The van der Waals surface area contributed by atoms with Crippen LogP contribution in [0.4, 0.5) is 0 Å². The van der Waals surface area contributed by atoms with Crippen LogP contribution in [0.5, 0.6) is 0 Å². The number of benzene rings is 1. The van der Waals surface area contributed by atoms with E-state index in [0.29, 0.717) is 0 Å². The first-order valence-corrected chi connectivity index (χ1v) is 6.33. The molecule has 1 nitrogen and oxygen atoms in total. The molecule has 1 aromatic carbocycles. The molecule has 2 rings (SSSR count). The molecule has 0 radical (unpaired) electrons. The van der Waals surface area contributed by atoms with E-state index in [-0.39, 0.29) is 5.54 Å². The monoisotopic (exact) mass is 217 g/mol. The standard InChI is InChI=1S/C15H23N/c1-15(2,3)16-11-14-10-13(14)9-12-7-5-4-6-8-12/h4-8,13-14,16H,9-11H2,1-3H3. The Morgan fingerprint density at radius 2 is 1.81 bits per heavy atom. The van der Waals surface area contributed by atoms with Gasteiger partial charge in [-0.1, -0.05) is 30.3 Å². The van der Waals surface area contributed by atoms with Crippen LogP contribution in [-0.4, -0.2) is 12.1 Å². The predicted octanol–water partition coefficient (Wildman–Crippen LogP) is 3.25. The maximum atomic E-state index is 3.60. The Balaban J connectivity index is 1.72. The molecule has 0 saturated heterocycles. The second kappa shape index (κ2) is 4.58. The van der Waals surface area contributed by atoms with Crippen molar-refractivity contribution in [1.29, 1.82) is 0 Å². The summed E-state index contributed by atoms with van der Waals surface area (Å²) in [5.41, 5.74) is 1.76. The van der Waals surface area contributed by atoms with E-state index in [9.17, 15) is 0 Å². The molecular weight excluding hydrogens is 194 g/mol. The first-order chi connectivity index (χ1) is 7.54. The maximum Gasteiger partial charge on any atom is 0.00966 e. The first kappa shape index (κ1) is 11.7. The van der Waals surface area contributed by atoms with Crippen LogP contribution in [0.2, 0.25) is 0 Å². The van der Waals surface area contributed by atoms with Gasteiger partial charge in [-0.25, -0.2) is 0 Å². The van der Waals surface area contributed by atoms with Gasteiger partial charge in [0, 0.05) is 5.54 Å². The van der Waals surface area contributed by atoms with Crippen molar-refractivity contribution in [2.45, 2.75) is 39.2 Å². The number of hydrogen-bond donors (Lipinski definition) is 1. The fraction of sp³-hybridized carbons (Fsp3) is 0.600. The van der Waals surface area contributed by atoms with Crippen LogP contribution in [-0.2, 0) is 6.42 Å². The van der Waals surface area contributed by atoms with E-state index in [1.54, 1.807) is 0 Å². The van der Waals surface area contributed by atoms with Crippen molar-refractivity contribution in [2.24, 2.45) is 11.8 Å². The Hall–Kier alpha value is -0.820. The average Bonchev–Trinajstić information content (AvgIpc) is 2.94. The molecule has 2 atom stereocenters. The van der Waals surface area contributed by atoms with Gasteiger partial charge in [0.05, 0.1) is 0 Å². The van der Waals surface area contributed by atoms with E-state index in [0.717, 1.165) is 11.8 Å². The topological polar surface area (TPSA) is 12.0 Å². The van der Waals surface area contributed by atoms with Gasteiger partial charge < -0.3 is 5.32 Å². The lowest BCUT2D eigenvalue weighted by molar-refractivity contribution is 0.409. The minimum atomic E-state index is 0.264. The van der Waals surface area contributed by atoms with Crippen molar-refractivity contribution < 1.29 is 0 Å². The zero-order valence-corrected chi connectivity index (χ0v) is 10.7. The Morgan fingerprint density at radius 1 is 1.12 bits per heavy atom. The van der Waals surface area contributed by atoms with Gasteiger partial charge in [-0.3, -0.25) is 0 Å². The van der Waals surface area contributed by atoms with E-state index in [1.807, 2.05) is 0 Å². The maximum absolute atomic E-state index is 3.60. The number of rotatable bonds is 4. The van der Waals surface area contributed by atoms with Crippen molar-refractivity contribution in [2.75, 3.05) is 6.54 Å². The fourth-order valence-electron chi connectivity index (χ4n) is 2.16. The van der Waals surface area contributed by atoms with Gasteiger partial charge in [-0.05, 0) is 57.6 Å². The third-order valence-corrected chi connectivity index (χ3v) is 3.30. The molecule has 1 N–H and O–H groups in total. The summed E-state index contributed by atoms with van der Waals surface area (Å²) >= 11 is 0. The van der Waals surface area contributed by atoms with Gasteiger partial charge in [0.25, 0.3) is 0 Å². The molecule has 0 spiro atoms. The summed E-state index contributed by atoms with van der Waals surface area (Å²) in [5, 5.41) is 3.60. The van der Waals surface area contributed by atoms with Crippen LogP contribution in [0.3, 0.4) is 0 Å². The smallest absolute Gasteiger partial charge is 0.00966 e. The van der Waals surface area contributed by atoms with E-state index in [1.165, 1.54) is 24.9 Å². The van der Waals surface area contributed by atoms with Gasteiger partial charge in [-0.15, -0.1) is 0 Å². The molecule has 1 aliphatic rings. The van der Waals surface area contributed by atoms with Gasteiger partial charge >= 0.3 is 0 Å². The van der Waals surface area contributed by atoms with Crippen LogP contribution in [0.25, 0.3) is 0 Å². The van der Waals surface area contributed by atoms with Crippen LogP contribution >= 0.6 is 0 Å². The van der Waals surface area contributed by atoms with Gasteiger partial charge in [0.15, 0.2) is 0 Å². The summed E-state index contributed by atoms with van der Waals surface area (Å²) in [5.74, 6) is 1.82. The van der Waals surface area contributed by atoms with E-state index in [4.69, 9.17) is 0 Å². The largest absolute Gasteiger partial charge is 0.312 e. The van der Waals surface area contributed by atoms with Crippen molar-refractivity contribution >= 4 is 0 Å². The SMILES string of the molecule is CC(C)(C)NCC1CC1Cc1ccccc1. The lowest BCUT2D eigenvalue weighted by atomic mass is 10.1. The highest BCUT2D eigenvalue weighted by Gasteiger charge is 2.36. The Kier molecular flexibility index (Phi) is 3.34. The van der Waals surface area contributed by atoms with Crippen molar-refractivity contribution in [1.82, 2.24) is 5.32 Å². The quantitative estimate of drug-likeness (QED) is 0.816. The van der Waals surface area contributed by atoms with Crippen LogP contribution in [0.1, 0.15) is 32.8 Å². The van der Waals surface area contributed by atoms with Crippen LogP contribution in [0, 0.1) is 11.8 Å². The summed E-state index contributed by atoms with van der Waals surface area (Å²) in [4.78, 5) is 0. The van der Waals surface area contributed by atoms with Crippen molar-refractivity contribution in [3.63, 3.8) is 0 Å². The average molecular weight is 217 g/mol. The molecular formula is C15H23N. The second-order valence-electron chi connectivity index (χ2n) is 6.08. The summed E-state index contributed by atoms with van der Waals surface area (Å²) in [6.07, 6.45) is 2.66. The minimum Gasteiger partial charge on any atom is -0.312 e. The highest BCUT2D eigenvalue weighted by molar-refractivity contribution is 5.16. The van der Waals surface area contributed by atoms with Crippen molar-refractivity contribution in [3.05, 3.63) is 35.9 Å². The third-order valence-electron chi connectivity index (χ3n) is 3.30. The molecule has 2 unspecified atom stereocenters. The summed E-state index contributed by atoms with van der Waals surface area (Å²) in [6, 6.07) is 10.9. The van der Waals surface area contributed by atoms with Crippen molar-refractivity contribution in [3.8, 4) is 0 Å². The zero-order valence-electron chi connectivity index (χ0n) is 10.7. The molecule has 0 aliphatic heterocycles. The third kappa shape index (κ3) is 3.64. The molecule has 0 aromatic heterocycles. The number of nitrogens with one attached hydrogen (secondary N) is 1. The minimum absolute atomic E-state index is 0.264. The molecule has 1 saturated carbocycles. The highest BCUT2D eigenvalue weighted by atomic mass is 15.0. The predicted molar refractivity (Wildman–Crippen MR) is 69.5 cm³/mol. The van der Waals surface area contributed by atoms with E-state index in [2.05, 4.69) is 56.4 Å². The molecule has 88 valence electrons. The Labute approximate surface area is 99.3 Å². The normalized spacial score (nSPS) is 24.4. The highest BCUT2D eigenvalue weighted by Crippen LogP contribution is 2.40. The first-order valence-electron chi connectivity index (χ1n) is 6.33. The van der Waals surface area contributed by atoms with Crippen LogP contribution in [0.15, 0.2) is 30.3 Å². The van der Waals surface area contributed by atoms with Gasteiger partial charge in [0.2, 0.25) is 0 Å². The molecule has 0 amide bonds. The van der Waals surface area contributed by atoms with Gasteiger partial charge in [-0.2, -0.15) is 0 Å². The Bertz CT molecular complexity index is 323. The molecule has 0 bridgehead atoms. The van der Waals surface area contributed by atoms with E-state index >= 15 is 0 Å². The molecule has 1 fully saturated rings. The second-order valence-corrected chi connectivity index (χ2v) is 6.08. The number of hydrogen-bond acceptors (Lipinski definition) is 1.